The predicted octanol–water partition coefficient (Wildman–Crippen LogP) is 2.42. The van der Waals surface area contributed by atoms with E-state index in [0.717, 1.165) is 24.8 Å². The van der Waals surface area contributed by atoms with E-state index >= 15 is 0 Å². The summed E-state index contributed by atoms with van der Waals surface area (Å²) in [5.74, 6) is 0.0508. The molecule has 0 atom stereocenters. The average Bonchev–Trinajstić information content (AvgIpc) is 2.23. The number of hydrogen-bond donors (Lipinski definition) is 2. The second-order valence-electron chi connectivity index (χ2n) is 3.70. The first-order valence-electron chi connectivity index (χ1n) is 4.87. The normalized spacial score (nSPS) is 15.3. The Morgan fingerprint density at radius 2 is 2.00 bits per heavy atom. The Morgan fingerprint density at radius 3 is 2.71 bits per heavy atom. The highest BCUT2D eigenvalue weighted by Crippen LogP contribution is 2.37. The quantitative estimate of drug-likeness (QED) is 0.751. The highest BCUT2D eigenvalue weighted by atomic mass is 35.5. The van der Waals surface area contributed by atoms with Gasteiger partial charge in [-0.05, 0) is 42.9 Å². The van der Waals surface area contributed by atoms with Crippen LogP contribution in [0.5, 0.6) is 5.75 Å². The van der Waals surface area contributed by atoms with Crippen LogP contribution in [0.15, 0.2) is 6.07 Å². The fourth-order valence-corrected chi connectivity index (χ4v) is 2.36. The molecule has 0 spiro atoms. The molecule has 1 aromatic rings. The minimum atomic E-state index is -0.154. The molecule has 0 aliphatic heterocycles. The Labute approximate surface area is 88.1 Å². The van der Waals surface area contributed by atoms with Crippen LogP contribution in [0.4, 0.5) is 0 Å². The first-order valence-corrected chi connectivity index (χ1v) is 5.24. The molecule has 2 rings (SSSR count). The summed E-state index contributed by atoms with van der Waals surface area (Å²) < 4.78 is 0. The van der Waals surface area contributed by atoms with Crippen molar-refractivity contribution in [2.24, 2.45) is 0 Å². The second-order valence-corrected chi connectivity index (χ2v) is 4.08. The van der Waals surface area contributed by atoms with Crippen LogP contribution in [0, 0.1) is 0 Å². The summed E-state index contributed by atoms with van der Waals surface area (Å²) in [6, 6.07) is 1.87. The molecule has 1 aromatic carbocycles. The molecular weight excluding hydrogens is 200 g/mol. The largest absolute Gasteiger partial charge is 0.506 e. The molecule has 0 saturated heterocycles. The van der Waals surface area contributed by atoms with Crippen molar-refractivity contribution in [1.29, 1.82) is 0 Å². The third kappa shape index (κ3) is 1.49. The Balaban J connectivity index is 2.57. The number of hydrogen-bond acceptors (Lipinski definition) is 2. The number of aryl methyl sites for hydroxylation is 1. The monoisotopic (exact) mass is 212 g/mol. The van der Waals surface area contributed by atoms with E-state index in [1.165, 1.54) is 12.0 Å². The zero-order valence-corrected chi connectivity index (χ0v) is 8.64. The minimum Gasteiger partial charge on any atom is -0.506 e. The molecule has 0 heterocycles. The number of benzene rings is 1. The second kappa shape index (κ2) is 3.79. The molecule has 0 aromatic heterocycles. The van der Waals surface area contributed by atoms with Crippen LogP contribution < -0.4 is 0 Å². The van der Waals surface area contributed by atoms with Crippen LogP contribution in [0.3, 0.4) is 0 Å². The van der Waals surface area contributed by atoms with Crippen molar-refractivity contribution < 1.29 is 10.2 Å². The summed E-state index contributed by atoms with van der Waals surface area (Å²) >= 11 is 6.03. The van der Waals surface area contributed by atoms with E-state index < -0.39 is 0 Å². The van der Waals surface area contributed by atoms with Gasteiger partial charge in [0.2, 0.25) is 0 Å². The number of phenols is 1. The van der Waals surface area contributed by atoms with Crippen molar-refractivity contribution in [3.63, 3.8) is 0 Å². The van der Waals surface area contributed by atoms with Crippen LogP contribution in [-0.2, 0) is 19.4 Å². The maximum absolute atomic E-state index is 9.66. The van der Waals surface area contributed by atoms with E-state index in [1.54, 1.807) is 0 Å². The lowest BCUT2D eigenvalue weighted by atomic mass is 9.90. The van der Waals surface area contributed by atoms with Gasteiger partial charge >= 0.3 is 0 Å². The van der Waals surface area contributed by atoms with Crippen molar-refractivity contribution in [2.75, 3.05) is 0 Å². The van der Waals surface area contributed by atoms with Crippen molar-refractivity contribution in [3.05, 3.63) is 27.8 Å². The first-order chi connectivity index (χ1) is 6.74. The SMILES string of the molecule is OCc1cc2c(c(Cl)c1O)CCCC2. The van der Waals surface area contributed by atoms with Crippen LogP contribution >= 0.6 is 11.6 Å². The molecule has 3 heteroatoms. The van der Waals surface area contributed by atoms with Gasteiger partial charge in [0.25, 0.3) is 0 Å². The number of aromatic hydroxyl groups is 1. The summed E-state index contributed by atoms with van der Waals surface area (Å²) in [5.41, 5.74) is 2.78. The molecule has 2 nitrogen and oxygen atoms in total. The molecule has 2 N–H and O–H groups in total. The molecule has 0 amide bonds. The van der Waals surface area contributed by atoms with Gasteiger partial charge in [0.05, 0.1) is 11.6 Å². The van der Waals surface area contributed by atoms with Crippen molar-refractivity contribution >= 4 is 11.6 Å². The zero-order chi connectivity index (χ0) is 10.1. The Morgan fingerprint density at radius 1 is 1.29 bits per heavy atom. The predicted molar refractivity (Wildman–Crippen MR) is 55.7 cm³/mol. The number of fused-ring (bicyclic) bond motifs is 1. The van der Waals surface area contributed by atoms with Gasteiger partial charge in [0.15, 0.2) is 0 Å². The van der Waals surface area contributed by atoms with E-state index in [2.05, 4.69) is 0 Å². The van der Waals surface area contributed by atoms with Gasteiger partial charge in [-0.1, -0.05) is 11.6 Å². The number of aliphatic hydroxyl groups is 1. The van der Waals surface area contributed by atoms with Gasteiger partial charge in [-0.2, -0.15) is 0 Å². The maximum atomic E-state index is 9.66. The van der Waals surface area contributed by atoms with Crippen LogP contribution in [0.2, 0.25) is 5.02 Å². The molecule has 0 bridgehead atoms. The number of aliphatic hydroxyl groups excluding tert-OH is 1. The summed E-state index contributed by atoms with van der Waals surface area (Å²) in [5, 5.41) is 19.1. The average molecular weight is 213 g/mol. The standard InChI is InChI=1S/C11H13ClO2/c12-10-9-4-2-1-3-7(9)5-8(6-13)11(10)14/h5,13-14H,1-4,6H2. The molecule has 0 fully saturated rings. The first kappa shape index (κ1) is 9.81. The van der Waals surface area contributed by atoms with Gasteiger partial charge in [0, 0.05) is 5.56 Å². The van der Waals surface area contributed by atoms with Crippen LogP contribution in [-0.4, -0.2) is 10.2 Å². The van der Waals surface area contributed by atoms with Crippen molar-refractivity contribution in [1.82, 2.24) is 0 Å². The topological polar surface area (TPSA) is 40.5 Å². The molecule has 0 saturated carbocycles. The molecule has 0 unspecified atom stereocenters. The molecule has 14 heavy (non-hydrogen) atoms. The van der Waals surface area contributed by atoms with Gasteiger partial charge in [-0.25, -0.2) is 0 Å². The van der Waals surface area contributed by atoms with Crippen LogP contribution in [0.25, 0.3) is 0 Å². The van der Waals surface area contributed by atoms with Gasteiger partial charge < -0.3 is 10.2 Å². The fourth-order valence-electron chi connectivity index (χ4n) is 2.02. The number of rotatable bonds is 1. The van der Waals surface area contributed by atoms with Gasteiger partial charge in [-0.3, -0.25) is 0 Å². The minimum absolute atomic E-state index is 0.0508. The lowest BCUT2D eigenvalue weighted by Crippen LogP contribution is -2.05. The van der Waals surface area contributed by atoms with E-state index in [4.69, 9.17) is 16.7 Å². The highest BCUT2D eigenvalue weighted by Gasteiger charge is 2.17. The third-order valence-electron chi connectivity index (χ3n) is 2.81. The van der Waals surface area contributed by atoms with Gasteiger partial charge in [0.1, 0.15) is 5.75 Å². The summed E-state index contributed by atoms with van der Waals surface area (Å²) in [4.78, 5) is 0. The van der Waals surface area contributed by atoms with Crippen LogP contribution in [0.1, 0.15) is 29.5 Å². The lowest BCUT2D eigenvalue weighted by Gasteiger charge is -2.19. The molecule has 1 aliphatic carbocycles. The zero-order valence-electron chi connectivity index (χ0n) is 7.89. The van der Waals surface area contributed by atoms with E-state index in [-0.39, 0.29) is 12.4 Å². The van der Waals surface area contributed by atoms with Crippen molar-refractivity contribution in [2.45, 2.75) is 32.3 Å². The fraction of sp³-hybridized carbons (Fsp3) is 0.455. The molecule has 76 valence electrons. The summed E-state index contributed by atoms with van der Waals surface area (Å²) in [6.07, 6.45) is 4.24. The smallest absolute Gasteiger partial charge is 0.139 e. The van der Waals surface area contributed by atoms with E-state index in [1.807, 2.05) is 6.07 Å². The molecular formula is C11H13ClO2. The maximum Gasteiger partial charge on any atom is 0.139 e. The Kier molecular flexibility index (Phi) is 2.66. The third-order valence-corrected chi connectivity index (χ3v) is 3.21. The molecule has 1 aliphatic rings. The van der Waals surface area contributed by atoms with Gasteiger partial charge in [-0.15, -0.1) is 0 Å². The highest BCUT2D eigenvalue weighted by molar-refractivity contribution is 6.33. The van der Waals surface area contributed by atoms with Crippen molar-refractivity contribution in [3.8, 4) is 5.75 Å². The lowest BCUT2D eigenvalue weighted by molar-refractivity contribution is 0.275. The molecule has 0 radical (unpaired) electrons. The number of halogens is 1. The Hall–Kier alpha value is -0.730. The summed E-state index contributed by atoms with van der Waals surface area (Å²) in [7, 11) is 0. The summed E-state index contributed by atoms with van der Waals surface area (Å²) in [6.45, 7) is -0.154. The Bertz CT molecular complexity index is 361. The van der Waals surface area contributed by atoms with E-state index in [9.17, 15) is 5.11 Å². The van der Waals surface area contributed by atoms with E-state index in [0.29, 0.717) is 10.6 Å².